The Morgan fingerprint density at radius 1 is 1.31 bits per heavy atom. The van der Waals surface area contributed by atoms with Crippen molar-refractivity contribution in [3.05, 3.63) is 0 Å². The molecule has 0 saturated carbocycles. The molecule has 4 nitrogen and oxygen atoms in total. The van der Waals surface area contributed by atoms with Gasteiger partial charge in [-0.25, -0.2) is 13.1 Å². The van der Waals surface area contributed by atoms with Crippen molar-refractivity contribution in [2.45, 2.75) is 32.4 Å². The van der Waals surface area contributed by atoms with Gasteiger partial charge in [-0.1, -0.05) is 0 Å². The van der Waals surface area contributed by atoms with Crippen LogP contribution in [0.4, 0.5) is 0 Å². The molecule has 0 radical (unpaired) electrons. The third-order valence-corrected chi connectivity index (χ3v) is 4.48. The van der Waals surface area contributed by atoms with Gasteiger partial charge in [0.2, 0.25) is 10.0 Å². The molecule has 1 N–H and O–H groups in total. The molecule has 0 fully saturated rings. The molecule has 98 valence electrons. The van der Waals surface area contributed by atoms with Gasteiger partial charge in [0.05, 0.1) is 24.0 Å². The summed E-state index contributed by atoms with van der Waals surface area (Å²) in [6.45, 7) is 5.52. The summed E-state index contributed by atoms with van der Waals surface area (Å²) in [4.78, 5) is 0. The van der Waals surface area contributed by atoms with Crippen LogP contribution in [-0.2, 0) is 14.8 Å². The standard InChI is InChI=1S/C9H19Cl2NO3S/c1-8(2)15-4-5-16(13,14)12-9(3,6-10)7-11/h8,12H,4-7H2,1-3H3. The average Bonchev–Trinajstić information content (AvgIpc) is 2.16. The van der Waals surface area contributed by atoms with Gasteiger partial charge in [0.1, 0.15) is 0 Å². The second-order valence-corrected chi connectivity index (χ2v) is 6.54. The minimum Gasteiger partial charge on any atom is -0.378 e. The maximum atomic E-state index is 11.6. The highest BCUT2D eigenvalue weighted by atomic mass is 35.5. The van der Waals surface area contributed by atoms with Gasteiger partial charge in [-0.05, 0) is 20.8 Å². The fourth-order valence-electron chi connectivity index (χ4n) is 0.910. The predicted octanol–water partition coefficient (Wildman–Crippen LogP) is 1.57. The van der Waals surface area contributed by atoms with Crippen LogP contribution in [0.15, 0.2) is 0 Å². The number of sulfonamides is 1. The Kier molecular flexibility index (Phi) is 7.21. The molecule has 7 heteroatoms. The summed E-state index contributed by atoms with van der Waals surface area (Å²) >= 11 is 11.3. The number of halogens is 2. The zero-order chi connectivity index (χ0) is 12.8. The zero-order valence-electron chi connectivity index (χ0n) is 9.79. The predicted molar refractivity (Wildman–Crippen MR) is 67.9 cm³/mol. The molecule has 0 aliphatic heterocycles. The van der Waals surface area contributed by atoms with Crippen LogP contribution in [-0.4, -0.2) is 44.2 Å². The molecule has 0 atom stereocenters. The van der Waals surface area contributed by atoms with E-state index in [-0.39, 0.29) is 30.2 Å². The molecule has 0 spiro atoms. The smallest absolute Gasteiger partial charge is 0.214 e. The van der Waals surface area contributed by atoms with Crippen molar-refractivity contribution in [2.24, 2.45) is 0 Å². The van der Waals surface area contributed by atoms with Gasteiger partial charge < -0.3 is 4.74 Å². The van der Waals surface area contributed by atoms with E-state index in [2.05, 4.69) is 4.72 Å². The lowest BCUT2D eigenvalue weighted by Crippen LogP contribution is -2.50. The lowest BCUT2D eigenvalue weighted by Gasteiger charge is -2.25. The maximum absolute atomic E-state index is 11.6. The van der Waals surface area contributed by atoms with E-state index in [1.807, 2.05) is 13.8 Å². The van der Waals surface area contributed by atoms with Crippen LogP contribution in [0.1, 0.15) is 20.8 Å². The Hall–Kier alpha value is 0.450. The molecule has 0 aromatic rings. The van der Waals surface area contributed by atoms with E-state index < -0.39 is 15.6 Å². The molecule has 16 heavy (non-hydrogen) atoms. The summed E-state index contributed by atoms with van der Waals surface area (Å²) in [5.74, 6) is 0.163. The third-order valence-electron chi connectivity index (χ3n) is 1.80. The van der Waals surface area contributed by atoms with Gasteiger partial charge in [-0.2, -0.15) is 0 Å². The van der Waals surface area contributed by atoms with Crippen molar-refractivity contribution < 1.29 is 13.2 Å². The van der Waals surface area contributed by atoms with Gasteiger partial charge in [0, 0.05) is 11.8 Å². The first-order chi connectivity index (χ1) is 7.24. The highest BCUT2D eigenvalue weighted by Crippen LogP contribution is 2.10. The summed E-state index contributed by atoms with van der Waals surface area (Å²) in [6.07, 6.45) is 0.0163. The summed E-state index contributed by atoms with van der Waals surface area (Å²) in [7, 11) is -3.40. The first-order valence-corrected chi connectivity index (χ1v) is 7.72. The van der Waals surface area contributed by atoms with Crippen LogP contribution in [0.5, 0.6) is 0 Å². The lowest BCUT2D eigenvalue weighted by molar-refractivity contribution is 0.0911. The van der Waals surface area contributed by atoms with E-state index in [1.54, 1.807) is 6.92 Å². The van der Waals surface area contributed by atoms with Gasteiger partial charge in [-0.15, -0.1) is 23.2 Å². The largest absolute Gasteiger partial charge is 0.378 e. The molecule has 0 aromatic heterocycles. The number of alkyl halides is 2. The number of hydrogen-bond acceptors (Lipinski definition) is 3. The number of nitrogens with one attached hydrogen (secondary N) is 1. The molecular weight excluding hydrogens is 273 g/mol. The summed E-state index contributed by atoms with van der Waals surface area (Å²) < 4.78 is 30.9. The summed E-state index contributed by atoms with van der Waals surface area (Å²) in [5, 5.41) is 0. The van der Waals surface area contributed by atoms with Gasteiger partial charge in [0.25, 0.3) is 0 Å². The molecule has 0 aliphatic carbocycles. The van der Waals surface area contributed by atoms with Crippen molar-refractivity contribution >= 4 is 33.2 Å². The molecule has 0 rings (SSSR count). The Balaban J connectivity index is 4.24. The molecule has 0 saturated heterocycles. The second-order valence-electron chi connectivity index (χ2n) is 4.17. The maximum Gasteiger partial charge on any atom is 0.214 e. The van der Waals surface area contributed by atoms with Crippen molar-refractivity contribution in [2.75, 3.05) is 24.1 Å². The van der Waals surface area contributed by atoms with Gasteiger partial charge in [-0.3, -0.25) is 0 Å². The van der Waals surface area contributed by atoms with E-state index in [4.69, 9.17) is 27.9 Å². The molecular formula is C9H19Cl2NO3S. The van der Waals surface area contributed by atoms with Crippen molar-refractivity contribution in [1.82, 2.24) is 4.72 Å². The third kappa shape index (κ3) is 6.91. The van der Waals surface area contributed by atoms with Gasteiger partial charge in [0.15, 0.2) is 0 Å². The van der Waals surface area contributed by atoms with Crippen LogP contribution >= 0.6 is 23.2 Å². The minimum absolute atomic E-state index is 0.0163. The van der Waals surface area contributed by atoms with Crippen molar-refractivity contribution in [3.63, 3.8) is 0 Å². The lowest BCUT2D eigenvalue weighted by atomic mass is 10.1. The van der Waals surface area contributed by atoms with E-state index in [1.165, 1.54) is 0 Å². The topological polar surface area (TPSA) is 55.4 Å². The van der Waals surface area contributed by atoms with Crippen LogP contribution in [0, 0.1) is 0 Å². The highest BCUT2D eigenvalue weighted by molar-refractivity contribution is 7.89. The van der Waals surface area contributed by atoms with Crippen LogP contribution in [0.3, 0.4) is 0 Å². The fraction of sp³-hybridized carbons (Fsp3) is 1.00. The number of hydrogen-bond donors (Lipinski definition) is 1. The quantitative estimate of drug-likeness (QED) is 0.691. The number of rotatable bonds is 8. The monoisotopic (exact) mass is 291 g/mol. The molecule has 0 bridgehead atoms. The van der Waals surface area contributed by atoms with Crippen LogP contribution < -0.4 is 4.72 Å². The minimum atomic E-state index is -3.40. The van der Waals surface area contributed by atoms with E-state index >= 15 is 0 Å². The van der Waals surface area contributed by atoms with Crippen LogP contribution in [0.25, 0.3) is 0 Å². The Morgan fingerprint density at radius 2 is 1.81 bits per heavy atom. The molecule has 0 aliphatic rings. The number of ether oxygens (including phenoxy) is 1. The molecule has 0 amide bonds. The normalized spacial score (nSPS) is 13.4. The first-order valence-electron chi connectivity index (χ1n) is 5.00. The Bertz CT molecular complexity index is 289. The second kappa shape index (κ2) is 7.01. The Morgan fingerprint density at radius 3 is 2.19 bits per heavy atom. The zero-order valence-corrected chi connectivity index (χ0v) is 12.1. The molecule has 0 unspecified atom stereocenters. The van der Waals surface area contributed by atoms with Crippen molar-refractivity contribution in [3.8, 4) is 0 Å². The van der Waals surface area contributed by atoms with E-state index in [0.29, 0.717) is 0 Å². The SMILES string of the molecule is CC(C)OCCS(=O)(=O)NC(C)(CCl)CCl. The average molecular weight is 292 g/mol. The summed E-state index contributed by atoms with van der Waals surface area (Å²) in [5.41, 5.74) is -0.806. The first kappa shape index (κ1) is 16.4. The highest BCUT2D eigenvalue weighted by Gasteiger charge is 2.27. The Labute approximate surface area is 108 Å². The van der Waals surface area contributed by atoms with Crippen molar-refractivity contribution in [1.29, 1.82) is 0 Å². The van der Waals surface area contributed by atoms with E-state index in [9.17, 15) is 8.42 Å². The summed E-state index contributed by atoms with van der Waals surface area (Å²) in [6, 6.07) is 0. The molecule has 0 heterocycles. The van der Waals surface area contributed by atoms with E-state index in [0.717, 1.165) is 0 Å². The van der Waals surface area contributed by atoms with Crippen LogP contribution in [0.2, 0.25) is 0 Å². The fourth-order valence-corrected chi connectivity index (χ4v) is 2.80. The van der Waals surface area contributed by atoms with Gasteiger partial charge >= 0.3 is 0 Å². The molecule has 0 aromatic carbocycles.